The van der Waals surface area contributed by atoms with Crippen molar-refractivity contribution in [1.82, 2.24) is 5.32 Å². The SMILES string of the molecule is Fc1ccc(C2=NO[C@@H](CNCc3cccc(Cl)c3)C2)cc1. The molecule has 114 valence electrons. The van der Waals surface area contributed by atoms with Gasteiger partial charge in [0, 0.05) is 24.5 Å². The second-order valence-electron chi connectivity index (χ2n) is 5.24. The quantitative estimate of drug-likeness (QED) is 0.910. The maximum atomic E-state index is 12.9. The van der Waals surface area contributed by atoms with Crippen LogP contribution in [0.2, 0.25) is 5.02 Å². The number of nitrogens with zero attached hydrogens (tertiary/aromatic N) is 1. The van der Waals surface area contributed by atoms with Crippen molar-refractivity contribution in [3.8, 4) is 0 Å². The summed E-state index contributed by atoms with van der Waals surface area (Å²) in [6.07, 6.45) is 0.716. The first-order valence-electron chi connectivity index (χ1n) is 7.14. The van der Waals surface area contributed by atoms with Gasteiger partial charge in [-0.3, -0.25) is 0 Å². The van der Waals surface area contributed by atoms with Crippen LogP contribution in [0.5, 0.6) is 0 Å². The van der Waals surface area contributed by atoms with Crippen LogP contribution in [0.3, 0.4) is 0 Å². The van der Waals surface area contributed by atoms with Crippen LogP contribution in [-0.4, -0.2) is 18.4 Å². The molecule has 22 heavy (non-hydrogen) atoms. The van der Waals surface area contributed by atoms with Crippen molar-refractivity contribution < 1.29 is 9.23 Å². The van der Waals surface area contributed by atoms with E-state index in [0.29, 0.717) is 13.0 Å². The molecule has 0 aromatic heterocycles. The highest BCUT2D eigenvalue weighted by Crippen LogP contribution is 2.17. The summed E-state index contributed by atoms with van der Waals surface area (Å²) in [5, 5.41) is 8.16. The molecule has 2 aromatic rings. The summed E-state index contributed by atoms with van der Waals surface area (Å²) < 4.78 is 12.9. The Hall–Kier alpha value is -1.91. The van der Waals surface area contributed by atoms with Crippen molar-refractivity contribution in [2.24, 2.45) is 5.16 Å². The molecule has 1 N–H and O–H groups in total. The van der Waals surface area contributed by atoms with E-state index < -0.39 is 0 Å². The molecule has 1 aliphatic rings. The third kappa shape index (κ3) is 3.84. The van der Waals surface area contributed by atoms with Gasteiger partial charge in [0.05, 0.1) is 5.71 Å². The van der Waals surface area contributed by atoms with Crippen molar-refractivity contribution in [1.29, 1.82) is 0 Å². The molecule has 0 unspecified atom stereocenters. The standard InChI is InChI=1S/C17H16ClFN2O/c18-14-3-1-2-12(8-14)10-20-11-16-9-17(21-22-16)13-4-6-15(19)7-5-13/h1-8,16,20H,9-11H2/t16-/m1/s1. The van der Waals surface area contributed by atoms with Crippen LogP contribution in [0.1, 0.15) is 17.5 Å². The fraction of sp³-hybridized carbons (Fsp3) is 0.235. The summed E-state index contributed by atoms with van der Waals surface area (Å²) >= 11 is 5.95. The Morgan fingerprint density at radius 1 is 1.23 bits per heavy atom. The number of benzene rings is 2. The second-order valence-corrected chi connectivity index (χ2v) is 5.67. The van der Waals surface area contributed by atoms with E-state index in [-0.39, 0.29) is 11.9 Å². The molecule has 0 saturated carbocycles. The van der Waals surface area contributed by atoms with Crippen molar-refractivity contribution in [3.63, 3.8) is 0 Å². The molecule has 0 radical (unpaired) electrons. The predicted molar refractivity (Wildman–Crippen MR) is 85.6 cm³/mol. The maximum absolute atomic E-state index is 12.9. The molecule has 1 aliphatic heterocycles. The molecule has 3 nitrogen and oxygen atoms in total. The highest BCUT2D eigenvalue weighted by molar-refractivity contribution is 6.30. The van der Waals surface area contributed by atoms with E-state index in [1.54, 1.807) is 12.1 Å². The predicted octanol–water partition coefficient (Wildman–Crippen LogP) is 3.76. The van der Waals surface area contributed by atoms with E-state index in [9.17, 15) is 4.39 Å². The molecule has 3 rings (SSSR count). The van der Waals surface area contributed by atoms with E-state index in [1.165, 1.54) is 12.1 Å². The molecule has 1 heterocycles. The molecule has 0 spiro atoms. The Balaban J connectivity index is 1.47. The number of rotatable bonds is 5. The fourth-order valence-electron chi connectivity index (χ4n) is 2.38. The summed E-state index contributed by atoms with van der Waals surface area (Å²) in [5.41, 5.74) is 2.89. The molecular formula is C17H16ClFN2O. The first-order valence-corrected chi connectivity index (χ1v) is 7.52. The third-order valence-electron chi connectivity index (χ3n) is 3.50. The summed E-state index contributed by atoms with van der Waals surface area (Å²) in [5.74, 6) is -0.247. The zero-order valence-corrected chi connectivity index (χ0v) is 12.7. The van der Waals surface area contributed by atoms with Crippen molar-refractivity contribution >= 4 is 17.3 Å². The highest BCUT2D eigenvalue weighted by atomic mass is 35.5. The van der Waals surface area contributed by atoms with Gasteiger partial charge in [0.15, 0.2) is 0 Å². The Morgan fingerprint density at radius 3 is 2.82 bits per heavy atom. The highest BCUT2D eigenvalue weighted by Gasteiger charge is 2.21. The minimum atomic E-state index is -0.247. The Kier molecular flexibility index (Phi) is 4.71. The van der Waals surface area contributed by atoms with Gasteiger partial charge in [0.25, 0.3) is 0 Å². The number of oxime groups is 1. The lowest BCUT2D eigenvalue weighted by Gasteiger charge is -2.10. The third-order valence-corrected chi connectivity index (χ3v) is 3.74. The van der Waals surface area contributed by atoms with Crippen LogP contribution in [0.25, 0.3) is 0 Å². The molecular weight excluding hydrogens is 303 g/mol. The monoisotopic (exact) mass is 318 g/mol. The fourth-order valence-corrected chi connectivity index (χ4v) is 2.59. The Morgan fingerprint density at radius 2 is 2.05 bits per heavy atom. The Bertz CT molecular complexity index is 673. The Labute approximate surface area is 133 Å². The van der Waals surface area contributed by atoms with E-state index in [0.717, 1.165) is 28.4 Å². The molecule has 0 bridgehead atoms. The lowest BCUT2D eigenvalue weighted by Crippen LogP contribution is -2.26. The van der Waals surface area contributed by atoms with Gasteiger partial charge >= 0.3 is 0 Å². The molecule has 2 aromatic carbocycles. The van der Waals surface area contributed by atoms with Crippen LogP contribution in [-0.2, 0) is 11.4 Å². The molecule has 0 saturated heterocycles. The molecule has 1 atom stereocenters. The number of hydrogen-bond donors (Lipinski definition) is 1. The van der Waals surface area contributed by atoms with Gasteiger partial charge in [-0.25, -0.2) is 4.39 Å². The number of hydrogen-bond acceptors (Lipinski definition) is 3. The average Bonchev–Trinajstić information content (AvgIpc) is 2.97. The average molecular weight is 319 g/mol. The van der Waals surface area contributed by atoms with Gasteiger partial charge < -0.3 is 10.2 Å². The van der Waals surface area contributed by atoms with Gasteiger partial charge in [-0.15, -0.1) is 0 Å². The van der Waals surface area contributed by atoms with Gasteiger partial charge in [-0.05, 0) is 35.4 Å². The normalized spacial score (nSPS) is 17.2. The zero-order valence-electron chi connectivity index (χ0n) is 11.9. The first-order chi connectivity index (χ1) is 10.7. The maximum Gasteiger partial charge on any atom is 0.145 e. The summed E-state index contributed by atoms with van der Waals surface area (Å²) in [6, 6.07) is 14.1. The van der Waals surface area contributed by atoms with Gasteiger partial charge in [-0.1, -0.05) is 41.0 Å². The van der Waals surface area contributed by atoms with Crippen molar-refractivity contribution in [2.45, 2.75) is 19.1 Å². The van der Waals surface area contributed by atoms with Gasteiger partial charge in [0.2, 0.25) is 0 Å². The topological polar surface area (TPSA) is 33.6 Å². The minimum Gasteiger partial charge on any atom is -0.390 e. The van der Waals surface area contributed by atoms with Crippen molar-refractivity contribution in [2.75, 3.05) is 6.54 Å². The minimum absolute atomic E-state index is 0.000706. The molecule has 5 heteroatoms. The smallest absolute Gasteiger partial charge is 0.145 e. The van der Waals surface area contributed by atoms with E-state index in [1.807, 2.05) is 24.3 Å². The van der Waals surface area contributed by atoms with E-state index in [2.05, 4.69) is 10.5 Å². The zero-order chi connectivity index (χ0) is 15.4. The van der Waals surface area contributed by atoms with Crippen LogP contribution in [0.4, 0.5) is 4.39 Å². The number of halogens is 2. The molecule has 0 fully saturated rings. The van der Waals surface area contributed by atoms with Crippen LogP contribution >= 0.6 is 11.6 Å². The summed E-state index contributed by atoms with van der Waals surface area (Å²) in [6.45, 7) is 1.42. The second kappa shape index (κ2) is 6.90. The lowest BCUT2D eigenvalue weighted by molar-refractivity contribution is 0.0848. The van der Waals surface area contributed by atoms with Crippen molar-refractivity contribution in [3.05, 3.63) is 70.5 Å². The van der Waals surface area contributed by atoms with Gasteiger partial charge in [0.1, 0.15) is 11.9 Å². The first kappa shape index (κ1) is 15.0. The number of nitrogens with one attached hydrogen (secondary N) is 1. The van der Waals surface area contributed by atoms with E-state index in [4.69, 9.17) is 16.4 Å². The lowest BCUT2D eigenvalue weighted by atomic mass is 10.1. The van der Waals surface area contributed by atoms with Gasteiger partial charge in [-0.2, -0.15) is 0 Å². The summed E-state index contributed by atoms with van der Waals surface area (Å²) in [4.78, 5) is 5.42. The molecule has 0 aliphatic carbocycles. The largest absolute Gasteiger partial charge is 0.390 e. The molecule has 0 amide bonds. The van der Waals surface area contributed by atoms with Crippen LogP contribution in [0, 0.1) is 5.82 Å². The van der Waals surface area contributed by atoms with Crippen LogP contribution in [0.15, 0.2) is 53.7 Å². The van der Waals surface area contributed by atoms with Crippen LogP contribution < -0.4 is 5.32 Å². The van der Waals surface area contributed by atoms with E-state index >= 15 is 0 Å². The summed E-state index contributed by atoms with van der Waals surface area (Å²) in [7, 11) is 0.